The summed E-state index contributed by atoms with van der Waals surface area (Å²) in [6.45, 7) is 7.45. The number of hydrogen-bond donors (Lipinski definition) is 3. The van der Waals surface area contributed by atoms with E-state index in [-0.39, 0.29) is 35.9 Å². The molecule has 1 aromatic rings. The van der Waals surface area contributed by atoms with E-state index in [9.17, 15) is 4.79 Å². The number of amides is 1. The van der Waals surface area contributed by atoms with Crippen molar-refractivity contribution in [1.82, 2.24) is 20.9 Å². The number of halogens is 1. The van der Waals surface area contributed by atoms with E-state index in [1.54, 1.807) is 18.4 Å². The first kappa shape index (κ1) is 22.1. The molecule has 0 aliphatic heterocycles. The van der Waals surface area contributed by atoms with Crippen molar-refractivity contribution in [3.63, 3.8) is 0 Å². The number of hydrogen-bond acceptors (Lipinski definition) is 4. The maximum atomic E-state index is 11.7. The van der Waals surface area contributed by atoms with Crippen LogP contribution in [0.5, 0.6) is 0 Å². The van der Waals surface area contributed by atoms with E-state index in [1.165, 1.54) is 4.88 Å². The van der Waals surface area contributed by atoms with Gasteiger partial charge in [-0.3, -0.25) is 9.79 Å². The molecule has 0 fully saturated rings. The number of carbonyl (C=O) groups is 1. The molecule has 1 rings (SSSR count). The summed E-state index contributed by atoms with van der Waals surface area (Å²) in [5.41, 5.74) is 0. The van der Waals surface area contributed by atoms with Gasteiger partial charge in [0.25, 0.3) is 0 Å². The van der Waals surface area contributed by atoms with E-state index in [1.807, 2.05) is 13.1 Å². The Bertz CT molecular complexity index is 492. The monoisotopic (exact) mass is 453 g/mol. The first-order valence-electron chi connectivity index (χ1n) is 7.70. The van der Waals surface area contributed by atoms with Gasteiger partial charge in [0.2, 0.25) is 5.91 Å². The second-order valence-electron chi connectivity index (χ2n) is 5.17. The van der Waals surface area contributed by atoms with Gasteiger partial charge >= 0.3 is 0 Å². The third-order valence-electron chi connectivity index (χ3n) is 3.19. The number of nitrogens with one attached hydrogen (secondary N) is 3. The van der Waals surface area contributed by atoms with Gasteiger partial charge in [0.05, 0.1) is 5.01 Å². The van der Waals surface area contributed by atoms with E-state index in [0.29, 0.717) is 18.9 Å². The number of nitrogens with zero attached hydrogens (tertiary/aromatic N) is 2. The van der Waals surface area contributed by atoms with Crippen LogP contribution in [0.1, 0.15) is 36.6 Å². The van der Waals surface area contributed by atoms with Crippen LogP contribution in [0.25, 0.3) is 0 Å². The highest BCUT2D eigenvalue weighted by Gasteiger charge is 2.06. The maximum absolute atomic E-state index is 11.7. The summed E-state index contributed by atoms with van der Waals surface area (Å²) in [7, 11) is 1.72. The van der Waals surface area contributed by atoms with E-state index in [0.717, 1.165) is 24.4 Å². The molecule has 0 aliphatic carbocycles. The van der Waals surface area contributed by atoms with Crippen molar-refractivity contribution in [2.75, 3.05) is 20.1 Å². The molecule has 0 spiro atoms. The van der Waals surface area contributed by atoms with Crippen LogP contribution in [0.15, 0.2) is 11.2 Å². The zero-order valence-electron chi connectivity index (χ0n) is 14.3. The van der Waals surface area contributed by atoms with Gasteiger partial charge in [0.15, 0.2) is 5.96 Å². The average Bonchev–Trinajstić information content (AvgIpc) is 2.91. The summed E-state index contributed by atoms with van der Waals surface area (Å²) in [6.07, 6.45) is 4.14. The molecule has 0 saturated carbocycles. The van der Waals surface area contributed by atoms with Crippen molar-refractivity contribution in [1.29, 1.82) is 0 Å². The highest BCUT2D eigenvalue weighted by atomic mass is 127. The van der Waals surface area contributed by atoms with Gasteiger partial charge in [0, 0.05) is 50.1 Å². The van der Waals surface area contributed by atoms with Gasteiger partial charge in [-0.05, 0) is 20.3 Å². The van der Waals surface area contributed by atoms with Crippen LogP contribution in [0.2, 0.25) is 0 Å². The molecule has 0 bridgehead atoms. The summed E-state index contributed by atoms with van der Waals surface area (Å²) >= 11 is 1.71. The lowest BCUT2D eigenvalue weighted by atomic mass is 10.2. The second-order valence-corrected chi connectivity index (χ2v) is 6.49. The largest absolute Gasteiger partial charge is 0.356 e. The zero-order valence-corrected chi connectivity index (χ0v) is 17.5. The van der Waals surface area contributed by atoms with Gasteiger partial charge in [-0.2, -0.15) is 0 Å². The van der Waals surface area contributed by atoms with Crippen molar-refractivity contribution in [2.24, 2.45) is 4.99 Å². The summed E-state index contributed by atoms with van der Waals surface area (Å²) in [5, 5.41) is 10.4. The molecule has 1 aromatic heterocycles. The van der Waals surface area contributed by atoms with Crippen LogP contribution in [0, 0.1) is 6.92 Å². The Balaban J connectivity index is 0.00000484. The highest BCUT2D eigenvalue weighted by Crippen LogP contribution is 2.10. The fourth-order valence-corrected chi connectivity index (χ4v) is 2.56. The minimum Gasteiger partial charge on any atom is -0.356 e. The number of carbonyl (C=O) groups excluding carboxylic acids is 1. The van der Waals surface area contributed by atoms with E-state index < -0.39 is 0 Å². The number of thiazole rings is 1. The smallest absolute Gasteiger partial charge is 0.221 e. The number of aliphatic imine (C=N–C) groups is 1. The molecule has 23 heavy (non-hydrogen) atoms. The average molecular weight is 453 g/mol. The van der Waals surface area contributed by atoms with Gasteiger partial charge in [0.1, 0.15) is 0 Å². The van der Waals surface area contributed by atoms with Crippen molar-refractivity contribution < 1.29 is 4.79 Å². The Morgan fingerprint density at radius 3 is 2.65 bits per heavy atom. The Hall–Kier alpha value is -0.900. The lowest BCUT2D eigenvalue weighted by Crippen LogP contribution is -2.41. The Labute approximate surface area is 160 Å². The van der Waals surface area contributed by atoms with Crippen molar-refractivity contribution >= 4 is 47.2 Å². The first-order valence-corrected chi connectivity index (χ1v) is 8.52. The molecule has 1 heterocycles. The molecule has 132 valence electrons. The van der Waals surface area contributed by atoms with Crippen LogP contribution in [0.4, 0.5) is 0 Å². The van der Waals surface area contributed by atoms with Crippen molar-refractivity contribution in [3.8, 4) is 0 Å². The summed E-state index contributed by atoms with van der Waals surface area (Å²) in [5.74, 6) is 0.778. The molecule has 1 atom stereocenters. The number of aromatic nitrogens is 1. The number of aryl methyl sites for hydroxylation is 1. The topological polar surface area (TPSA) is 78.4 Å². The molecule has 3 N–H and O–H groups in total. The quantitative estimate of drug-likeness (QED) is 0.320. The molecule has 1 amide bonds. The van der Waals surface area contributed by atoms with Gasteiger partial charge < -0.3 is 16.0 Å². The first-order chi connectivity index (χ1) is 10.5. The summed E-state index contributed by atoms with van der Waals surface area (Å²) < 4.78 is 0. The van der Waals surface area contributed by atoms with Crippen LogP contribution in [-0.4, -0.2) is 43.0 Å². The zero-order chi connectivity index (χ0) is 16.4. The van der Waals surface area contributed by atoms with Crippen LogP contribution >= 0.6 is 35.3 Å². The van der Waals surface area contributed by atoms with Crippen molar-refractivity contribution in [2.45, 2.75) is 46.1 Å². The fraction of sp³-hybridized carbons (Fsp3) is 0.667. The van der Waals surface area contributed by atoms with Gasteiger partial charge in [-0.1, -0.05) is 6.92 Å². The molecular weight excluding hydrogens is 425 g/mol. The molecule has 8 heteroatoms. The third kappa shape index (κ3) is 9.75. The molecule has 1 unspecified atom stereocenters. The summed E-state index contributed by atoms with van der Waals surface area (Å²) in [4.78, 5) is 21.4. The normalized spacial score (nSPS) is 12.3. The lowest BCUT2D eigenvalue weighted by molar-refractivity contribution is -0.121. The van der Waals surface area contributed by atoms with Crippen LogP contribution in [0.3, 0.4) is 0 Å². The molecule has 0 saturated heterocycles. The van der Waals surface area contributed by atoms with Crippen LogP contribution < -0.4 is 16.0 Å². The Morgan fingerprint density at radius 2 is 2.09 bits per heavy atom. The summed E-state index contributed by atoms with van der Waals surface area (Å²) in [6, 6.07) is 0.228. The highest BCUT2D eigenvalue weighted by molar-refractivity contribution is 14.0. The number of guanidine groups is 1. The maximum Gasteiger partial charge on any atom is 0.221 e. The predicted octanol–water partition coefficient (Wildman–Crippen LogP) is 2.08. The Morgan fingerprint density at radius 1 is 1.39 bits per heavy atom. The molecule has 0 aliphatic rings. The SMILES string of the molecule is CCC(C)NC(=O)CCNC(=NC)NCCc1ncc(C)s1.I. The molecule has 6 nitrogen and oxygen atoms in total. The molecule has 0 radical (unpaired) electrons. The van der Waals surface area contributed by atoms with Crippen LogP contribution in [-0.2, 0) is 11.2 Å². The Kier molecular flexibility index (Phi) is 12.0. The fourth-order valence-electron chi connectivity index (χ4n) is 1.77. The van der Waals surface area contributed by atoms with E-state index in [4.69, 9.17) is 0 Å². The minimum absolute atomic E-state index is 0. The van der Waals surface area contributed by atoms with E-state index in [2.05, 4.69) is 39.8 Å². The predicted molar refractivity (Wildman–Crippen MR) is 108 cm³/mol. The standard InChI is InChI=1S/C15H27N5OS.HI/c1-5-11(2)20-13(21)6-8-17-15(16-4)18-9-7-14-19-10-12(3)22-14;/h10-11H,5-9H2,1-4H3,(H,20,21)(H2,16,17,18);1H. The number of rotatable bonds is 8. The van der Waals surface area contributed by atoms with Crippen molar-refractivity contribution in [3.05, 3.63) is 16.1 Å². The third-order valence-corrected chi connectivity index (χ3v) is 4.16. The minimum atomic E-state index is 0. The van der Waals surface area contributed by atoms with E-state index >= 15 is 0 Å². The second kappa shape index (κ2) is 12.5. The molecule has 0 aromatic carbocycles. The van der Waals surface area contributed by atoms with Gasteiger partial charge in [-0.25, -0.2) is 4.98 Å². The lowest BCUT2D eigenvalue weighted by Gasteiger charge is -2.13. The van der Waals surface area contributed by atoms with Gasteiger partial charge in [-0.15, -0.1) is 35.3 Å². The molecular formula is C15H28IN5OS.